The minimum atomic E-state index is -0.356. The number of benzene rings is 2. The van der Waals surface area contributed by atoms with Crippen LogP contribution in [0.2, 0.25) is 0 Å². The van der Waals surface area contributed by atoms with Crippen LogP contribution in [0.25, 0.3) is 16.6 Å². The molecule has 0 radical (unpaired) electrons. The van der Waals surface area contributed by atoms with Crippen molar-refractivity contribution >= 4 is 22.7 Å². The first-order valence-electron chi connectivity index (χ1n) is 7.22. The molecule has 1 heterocycles. The van der Waals surface area contributed by atoms with Gasteiger partial charge in [-0.2, -0.15) is 0 Å². The van der Waals surface area contributed by atoms with Crippen molar-refractivity contribution in [3.05, 3.63) is 64.7 Å². The smallest absolute Gasteiger partial charge is 0.266 e. The Morgan fingerprint density at radius 3 is 2.61 bits per heavy atom. The van der Waals surface area contributed by atoms with Gasteiger partial charge in [0.2, 0.25) is 0 Å². The van der Waals surface area contributed by atoms with Gasteiger partial charge < -0.3 is 5.11 Å². The van der Waals surface area contributed by atoms with Gasteiger partial charge in [-0.05, 0) is 42.8 Å². The van der Waals surface area contributed by atoms with E-state index in [0.29, 0.717) is 33.9 Å². The summed E-state index contributed by atoms with van der Waals surface area (Å²) in [5, 5.41) is 10.00. The lowest BCUT2D eigenvalue weighted by molar-refractivity contribution is 0.296. The molecule has 4 nitrogen and oxygen atoms in total. The van der Waals surface area contributed by atoms with Gasteiger partial charge in [0.25, 0.3) is 5.56 Å². The predicted octanol–water partition coefficient (Wildman–Crippen LogP) is 3.00. The van der Waals surface area contributed by atoms with Crippen LogP contribution >= 0.6 is 11.8 Å². The molecule has 118 valence electrons. The number of aromatic nitrogens is 2. The zero-order valence-electron chi connectivity index (χ0n) is 12.3. The Kier molecular flexibility index (Phi) is 4.73. The van der Waals surface area contributed by atoms with Crippen LogP contribution in [0.5, 0.6) is 0 Å². The lowest BCUT2D eigenvalue weighted by Gasteiger charge is -2.13. The second kappa shape index (κ2) is 6.93. The van der Waals surface area contributed by atoms with E-state index in [0.717, 1.165) is 0 Å². The number of aliphatic hydroxyl groups is 1. The minimum absolute atomic E-state index is 0.0847. The maximum atomic E-state index is 13.2. The molecule has 0 saturated carbocycles. The summed E-state index contributed by atoms with van der Waals surface area (Å²) in [6.07, 6.45) is 0.608. The van der Waals surface area contributed by atoms with Crippen molar-refractivity contribution in [1.29, 1.82) is 0 Å². The molecular formula is C17H15FN2O2S. The van der Waals surface area contributed by atoms with Crippen LogP contribution in [0.4, 0.5) is 4.39 Å². The first kappa shape index (κ1) is 15.7. The number of fused-ring (bicyclic) bond motifs is 1. The standard InChI is InChI=1S/C17H15FN2O2S/c18-12-6-8-13(9-7-12)20-16(22)14-4-1-2-5-15(14)19-17(20)23-11-3-10-21/h1-2,4-9,21H,3,10-11H2. The van der Waals surface area contributed by atoms with E-state index in [9.17, 15) is 9.18 Å². The fourth-order valence-electron chi connectivity index (χ4n) is 2.26. The number of nitrogens with zero attached hydrogens (tertiary/aromatic N) is 2. The Morgan fingerprint density at radius 2 is 1.87 bits per heavy atom. The highest BCUT2D eigenvalue weighted by Crippen LogP contribution is 2.22. The molecule has 3 rings (SSSR count). The summed E-state index contributed by atoms with van der Waals surface area (Å²) in [4.78, 5) is 17.4. The Morgan fingerprint density at radius 1 is 1.13 bits per heavy atom. The lowest BCUT2D eigenvalue weighted by atomic mass is 10.2. The van der Waals surface area contributed by atoms with E-state index < -0.39 is 0 Å². The molecule has 0 aliphatic carbocycles. The quantitative estimate of drug-likeness (QED) is 0.444. The van der Waals surface area contributed by atoms with E-state index in [1.54, 1.807) is 30.3 Å². The molecule has 6 heteroatoms. The fourth-order valence-corrected chi connectivity index (χ4v) is 3.19. The highest BCUT2D eigenvalue weighted by atomic mass is 32.2. The van der Waals surface area contributed by atoms with Crippen molar-refractivity contribution in [2.45, 2.75) is 11.6 Å². The van der Waals surface area contributed by atoms with Crippen molar-refractivity contribution in [1.82, 2.24) is 9.55 Å². The average molecular weight is 330 g/mol. The number of aliphatic hydroxyl groups excluding tert-OH is 1. The van der Waals surface area contributed by atoms with Crippen molar-refractivity contribution in [2.75, 3.05) is 12.4 Å². The highest BCUT2D eigenvalue weighted by molar-refractivity contribution is 7.99. The lowest BCUT2D eigenvalue weighted by Crippen LogP contribution is -2.21. The van der Waals surface area contributed by atoms with Gasteiger partial charge in [0.05, 0.1) is 16.6 Å². The Balaban J connectivity index is 2.19. The largest absolute Gasteiger partial charge is 0.396 e. The van der Waals surface area contributed by atoms with E-state index in [1.165, 1.54) is 28.5 Å². The molecule has 0 aliphatic rings. The minimum Gasteiger partial charge on any atom is -0.396 e. The van der Waals surface area contributed by atoms with Crippen LogP contribution in [0.15, 0.2) is 58.5 Å². The van der Waals surface area contributed by atoms with Crippen molar-refractivity contribution < 1.29 is 9.50 Å². The summed E-state index contributed by atoms with van der Waals surface area (Å²) in [7, 11) is 0. The third-order valence-electron chi connectivity index (χ3n) is 3.36. The van der Waals surface area contributed by atoms with Crippen molar-refractivity contribution in [3.63, 3.8) is 0 Å². The molecule has 1 N–H and O–H groups in total. The molecule has 0 spiro atoms. The van der Waals surface area contributed by atoms with Crippen LogP contribution in [0.1, 0.15) is 6.42 Å². The Hall–Kier alpha value is -2.18. The summed E-state index contributed by atoms with van der Waals surface area (Å²) in [5.41, 5.74) is 1.01. The number of hydrogen-bond donors (Lipinski definition) is 1. The molecule has 2 aromatic carbocycles. The molecule has 0 amide bonds. The van der Waals surface area contributed by atoms with Crippen molar-refractivity contribution in [2.24, 2.45) is 0 Å². The van der Waals surface area contributed by atoms with Gasteiger partial charge >= 0.3 is 0 Å². The SMILES string of the molecule is O=c1c2ccccc2nc(SCCCO)n1-c1ccc(F)cc1. The topological polar surface area (TPSA) is 55.1 Å². The first-order valence-corrected chi connectivity index (χ1v) is 8.20. The predicted molar refractivity (Wildman–Crippen MR) is 89.7 cm³/mol. The van der Waals surface area contributed by atoms with E-state index in [-0.39, 0.29) is 18.0 Å². The molecule has 0 fully saturated rings. The maximum absolute atomic E-state index is 13.2. The monoisotopic (exact) mass is 330 g/mol. The van der Waals surface area contributed by atoms with Gasteiger partial charge in [0.15, 0.2) is 5.16 Å². The van der Waals surface area contributed by atoms with Crippen LogP contribution in [-0.4, -0.2) is 27.0 Å². The van der Waals surface area contributed by atoms with Crippen LogP contribution < -0.4 is 5.56 Å². The highest BCUT2D eigenvalue weighted by Gasteiger charge is 2.13. The third kappa shape index (κ3) is 3.28. The zero-order chi connectivity index (χ0) is 16.2. The van der Waals surface area contributed by atoms with E-state index in [1.807, 2.05) is 6.07 Å². The van der Waals surface area contributed by atoms with Gasteiger partial charge in [-0.1, -0.05) is 23.9 Å². The summed E-state index contributed by atoms with van der Waals surface area (Å²) >= 11 is 1.40. The van der Waals surface area contributed by atoms with E-state index in [4.69, 9.17) is 5.11 Å². The van der Waals surface area contributed by atoms with Crippen molar-refractivity contribution in [3.8, 4) is 5.69 Å². The van der Waals surface area contributed by atoms with Crippen LogP contribution in [0.3, 0.4) is 0 Å². The Bertz CT molecular complexity index is 878. The summed E-state index contributed by atoms with van der Waals surface area (Å²) in [6.45, 7) is 0.0847. The molecule has 0 atom stereocenters. The average Bonchev–Trinajstić information content (AvgIpc) is 2.57. The van der Waals surface area contributed by atoms with Crippen LogP contribution in [0, 0.1) is 5.82 Å². The number of thioether (sulfide) groups is 1. The van der Waals surface area contributed by atoms with Gasteiger partial charge in [0.1, 0.15) is 5.82 Å². The van der Waals surface area contributed by atoms with Gasteiger partial charge in [-0.15, -0.1) is 0 Å². The van der Waals surface area contributed by atoms with Gasteiger partial charge in [-0.25, -0.2) is 9.37 Å². The number of para-hydroxylation sites is 1. The molecule has 0 unspecified atom stereocenters. The van der Waals surface area contributed by atoms with E-state index >= 15 is 0 Å². The summed E-state index contributed by atoms with van der Waals surface area (Å²) in [6, 6.07) is 12.9. The maximum Gasteiger partial charge on any atom is 0.266 e. The molecule has 23 heavy (non-hydrogen) atoms. The number of hydrogen-bond acceptors (Lipinski definition) is 4. The van der Waals surface area contributed by atoms with Crippen LogP contribution in [-0.2, 0) is 0 Å². The first-order chi connectivity index (χ1) is 11.2. The zero-order valence-corrected chi connectivity index (χ0v) is 13.1. The second-order valence-electron chi connectivity index (χ2n) is 4.95. The normalized spacial score (nSPS) is 11.0. The molecule has 3 aromatic rings. The van der Waals surface area contributed by atoms with E-state index in [2.05, 4.69) is 4.98 Å². The Labute approximate surface area is 136 Å². The van der Waals surface area contributed by atoms with Gasteiger partial charge in [0, 0.05) is 12.4 Å². The molecular weight excluding hydrogens is 315 g/mol. The summed E-state index contributed by atoms with van der Waals surface area (Å²) in [5.74, 6) is 0.285. The molecule has 0 aliphatic heterocycles. The number of halogens is 1. The molecule has 1 aromatic heterocycles. The second-order valence-corrected chi connectivity index (χ2v) is 6.02. The number of rotatable bonds is 5. The molecule has 0 saturated heterocycles. The third-order valence-corrected chi connectivity index (χ3v) is 4.39. The summed E-state index contributed by atoms with van der Waals surface area (Å²) < 4.78 is 14.7. The van der Waals surface area contributed by atoms with Gasteiger partial charge in [-0.3, -0.25) is 9.36 Å². The fraction of sp³-hybridized carbons (Fsp3) is 0.176. The molecule has 0 bridgehead atoms.